The number of rotatable bonds is 3. The molecule has 0 spiro atoms. The number of hydrogen-bond acceptors (Lipinski definition) is 3. The summed E-state index contributed by atoms with van der Waals surface area (Å²) in [6.07, 6.45) is 3.14. The van der Waals surface area contributed by atoms with Crippen LogP contribution in [0, 0.1) is 0 Å². The van der Waals surface area contributed by atoms with Gasteiger partial charge in [-0.3, -0.25) is 9.59 Å². The van der Waals surface area contributed by atoms with E-state index >= 15 is 0 Å². The number of hydrogen-bond donors (Lipinski definition) is 1. The molecule has 2 fully saturated rings. The van der Waals surface area contributed by atoms with Gasteiger partial charge in [-0.1, -0.05) is 0 Å². The van der Waals surface area contributed by atoms with Gasteiger partial charge in [-0.15, -0.1) is 0 Å². The molecule has 5 nitrogen and oxygen atoms in total. The molecule has 90 valence electrons. The Morgan fingerprint density at radius 3 is 3.00 bits per heavy atom. The number of carbonyl (C=O) groups excluding carboxylic acids is 2. The lowest BCUT2D eigenvalue weighted by molar-refractivity contribution is -0.139. The third-order valence-electron chi connectivity index (χ3n) is 3.22. The first-order chi connectivity index (χ1) is 7.68. The summed E-state index contributed by atoms with van der Waals surface area (Å²) < 4.78 is 0. The summed E-state index contributed by atoms with van der Waals surface area (Å²) in [5, 5.41) is 3.05. The molecule has 1 saturated carbocycles. The van der Waals surface area contributed by atoms with E-state index in [9.17, 15) is 9.59 Å². The average Bonchev–Trinajstić information content (AvgIpc) is 3.07. The molecule has 0 unspecified atom stereocenters. The van der Waals surface area contributed by atoms with Crippen molar-refractivity contribution in [2.45, 2.75) is 25.3 Å². The maximum atomic E-state index is 11.9. The summed E-state index contributed by atoms with van der Waals surface area (Å²) in [4.78, 5) is 27.0. The molecule has 0 aromatic rings. The van der Waals surface area contributed by atoms with Gasteiger partial charge < -0.3 is 15.1 Å². The lowest BCUT2D eigenvalue weighted by atomic mass is 10.3. The Kier molecular flexibility index (Phi) is 3.43. The molecule has 2 amide bonds. The van der Waals surface area contributed by atoms with Gasteiger partial charge in [0, 0.05) is 19.6 Å². The zero-order valence-corrected chi connectivity index (χ0v) is 9.74. The molecular formula is C11H19N3O2. The summed E-state index contributed by atoms with van der Waals surface area (Å²) in [6.45, 7) is 2.15. The van der Waals surface area contributed by atoms with E-state index in [1.807, 2.05) is 7.05 Å². The van der Waals surface area contributed by atoms with Crippen LogP contribution in [0.2, 0.25) is 0 Å². The maximum Gasteiger partial charge on any atom is 0.242 e. The van der Waals surface area contributed by atoms with Crippen molar-refractivity contribution in [3.05, 3.63) is 0 Å². The van der Waals surface area contributed by atoms with Crippen molar-refractivity contribution >= 4 is 11.8 Å². The van der Waals surface area contributed by atoms with Crippen LogP contribution in [0.5, 0.6) is 0 Å². The number of nitrogens with one attached hydrogen (secondary N) is 1. The van der Waals surface area contributed by atoms with Crippen LogP contribution >= 0.6 is 0 Å². The first-order valence-corrected chi connectivity index (χ1v) is 5.92. The highest BCUT2D eigenvalue weighted by Gasteiger charge is 2.30. The van der Waals surface area contributed by atoms with Gasteiger partial charge in [0.1, 0.15) is 0 Å². The van der Waals surface area contributed by atoms with E-state index in [1.54, 1.807) is 9.80 Å². The number of likely N-dealkylation sites (N-methyl/N-ethyl adjacent to an activating group) is 1. The minimum atomic E-state index is 0.0371. The molecule has 0 aromatic carbocycles. The quantitative estimate of drug-likeness (QED) is 0.700. The van der Waals surface area contributed by atoms with Gasteiger partial charge in [0.05, 0.1) is 13.1 Å². The lowest BCUT2D eigenvalue weighted by Crippen LogP contribution is -2.43. The van der Waals surface area contributed by atoms with Crippen LogP contribution in [-0.4, -0.2) is 60.9 Å². The third-order valence-corrected chi connectivity index (χ3v) is 3.22. The SMILES string of the molecule is CN(C(=O)CN1CCCNCC1=O)C1CC1. The van der Waals surface area contributed by atoms with Crippen molar-refractivity contribution in [2.75, 3.05) is 33.2 Å². The van der Waals surface area contributed by atoms with Crippen LogP contribution in [0.3, 0.4) is 0 Å². The molecule has 1 saturated heterocycles. The molecular weight excluding hydrogens is 206 g/mol. The minimum absolute atomic E-state index is 0.0371. The van der Waals surface area contributed by atoms with Crippen LogP contribution in [0.4, 0.5) is 0 Å². The highest BCUT2D eigenvalue weighted by molar-refractivity contribution is 5.86. The van der Waals surface area contributed by atoms with Gasteiger partial charge >= 0.3 is 0 Å². The largest absolute Gasteiger partial charge is 0.341 e. The molecule has 0 bridgehead atoms. The molecule has 2 aliphatic rings. The van der Waals surface area contributed by atoms with E-state index < -0.39 is 0 Å². The van der Waals surface area contributed by atoms with Gasteiger partial charge in [0.2, 0.25) is 11.8 Å². The first kappa shape index (κ1) is 11.4. The van der Waals surface area contributed by atoms with Crippen molar-refractivity contribution in [3.8, 4) is 0 Å². The molecule has 0 aromatic heterocycles. The van der Waals surface area contributed by atoms with E-state index in [1.165, 1.54) is 0 Å². The smallest absolute Gasteiger partial charge is 0.242 e. The van der Waals surface area contributed by atoms with E-state index in [0.717, 1.165) is 25.8 Å². The van der Waals surface area contributed by atoms with Crippen LogP contribution in [0.15, 0.2) is 0 Å². The van der Waals surface area contributed by atoms with Gasteiger partial charge in [-0.25, -0.2) is 0 Å². The van der Waals surface area contributed by atoms with Crippen molar-refractivity contribution < 1.29 is 9.59 Å². The zero-order valence-electron chi connectivity index (χ0n) is 9.74. The highest BCUT2D eigenvalue weighted by atomic mass is 16.2. The Labute approximate surface area is 95.8 Å². The van der Waals surface area contributed by atoms with E-state index in [2.05, 4.69) is 5.32 Å². The van der Waals surface area contributed by atoms with Crippen LogP contribution in [0.1, 0.15) is 19.3 Å². The van der Waals surface area contributed by atoms with Crippen molar-refractivity contribution in [3.63, 3.8) is 0 Å². The standard InChI is InChI=1S/C11H19N3O2/c1-13(9-3-4-9)11(16)8-14-6-2-5-12-7-10(14)15/h9,12H,2-8H2,1H3. The summed E-state index contributed by atoms with van der Waals surface area (Å²) in [5.41, 5.74) is 0. The van der Waals surface area contributed by atoms with Gasteiger partial charge in [-0.05, 0) is 25.8 Å². The fourth-order valence-corrected chi connectivity index (χ4v) is 1.93. The second-order valence-corrected chi connectivity index (χ2v) is 4.58. The molecule has 5 heteroatoms. The van der Waals surface area contributed by atoms with Crippen LogP contribution in [0.25, 0.3) is 0 Å². The predicted octanol–water partition coefficient (Wildman–Crippen LogP) is -0.571. The van der Waals surface area contributed by atoms with Crippen molar-refractivity contribution in [2.24, 2.45) is 0 Å². The Morgan fingerprint density at radius 2 is 2.31 bits per heavy atom. The molecule has 0 radical (unpaired) electrons. The molecule has 1 heterocycles. The summed E-state index contributed by atoms with van der Waals surface area (Å²) in [6, 6.07) is 0.424. The highest BCUT2D eigenvalue weighted by Crippen LogP contribution is 2.25. The summed E-state index contributed by atoms with van der Waals surface area (Å²) in [5.74, 6) is 0.104. The van der Waals surface area contributed by atoms with Crippen molar-refractivity contribution in [1.29, 1.82) is 0 Å². The molecule has 16 heavy (non-hydrogen) atoms. The maximum absolute atomic E-state index is 11.9. The third kappa shape index (κ3) is 2.72. The Hall–Kier alpha value is -1.10. The average molecular weight is 225 g/mol. The zero-order chi connectivity index (χ0) is 11.5. The number of carbonyl (C=O) groups is 2. The normalized spacial score (nSPS) is 21.8. The molecule has 1 aliphatic heterocycles. The Morgan fingerprint density at radius 1 is 1.56 bits per heavy atom. The second kappa shape index (κ2) is 4.82. The van der Waals surface area contributed by atoms with E-state index in [4.69, 9.17) is 0 Å². The van der Waals surface area contributed by atoms with Gasteiger partial charge in [0.25, 0.3) is 0 Å². The predicted molar refractivity (Wildman–Crippen MR) is 59.9 cm³/mol. The minimum Gasteiger partial charge on any atom is -0.341 e. The Bertz CT molecular complexity index is 289. The van der Waals surface area contributed by atoms with Gasteiger partial charge in [0.15, 0.2) is 0 Å². The number of nitrogens with zero attached hydrogens (tertiary/aromatic N) is 2. The van der Waals surface area contributed by atoms with Crippen LogP contribution in [-0.2, 0) is 9.59 Å². The molecule has 1 N–H and O–H groups in total. The number of amides is 2. The lowest BCUT2D eigenvalue weighted by Gasteiger charge is -2.23. The first-order valence-electron chi connectivity index (χ1n) is 5.92. The molecule has 1 aliphatic carbocycles. The second-order valence-electron chi connectivity index (χ2n) is 4.58. The molecule has 0 atom stereocenters. The fraction of sp³-hybridized carbons (Fsp3) is 0.818. The van der Waals surface area contributed by atoms with Crippen LogP contribution < -0.4 is 5.32 Å². The summed E-state index contributed by atoms with van der Waals surface area (Å²) >= 11 is 0. The molecule has 2 rings (SSSR count). The summed E-state index contributed by atoms with van der Waals surface area (Å²) in [7, 11) is 1.83. The topological polar surface area (TPSA) is 52.7 Å². The monoisotopic (exact) mass is 225 g/mol. The van der Waals surface area contributed by atoms with E-state index in [0.29, 0.717) is 19.1 Å². The van der Waals surface area contributed by atoms with Crippen molar-refractivity contribution in [1.82, 2.24) is 15.1 Å². The van der Waals surface area contributed by atoms with Gasteiger partial charge in [-0.2, -0.15) is 0 Å². The Balaban J connectivity index is 1.86. The van der Waals surface area contributed by atoms with E-state index in [-0.39, 0.29) is 18.4 Å². The fourth-order valence-electron chi connectivity index (χ4n) is 1.93.